The lowest BCUT2D eigenvalue weighted by molar-refractivity contribution is -0.114. The molecule has 0 bridgehead atoms. The maximum Gasteiger partial charge on any atom is 0.281 e. The minimum Gasteiger partial charge on any atom is -0.327 e. The Hall–Kier alpha value is -2.99. The summed E-state index contributed by atoms with van der Waals surface area (Å²) in [5.74, 6) is -0.322. The standard InChI is InChI=1S/C19H17N3O2S/c1-12-3-9-16(10-4-12)22-18(24)17(21-19(22)25)11-14-5-7-15(8-6-14)20-13(2)23/h3-11H,1-2H3,(H,20,23)(H,21,25)/b17-11+. The molecule has 1 aliphatic rings. The van der Waals surface area contributed by atoms with Crippen LogP contribution in [0.5, 0.6) is 0 Å². The molecule has 6 heteroatoms. The fourth-order valence-corrected chi connectivity index (χ4v) is 2.79. The molecule has 3 rings (SSSR count). The van der Waals surface area contributed by atoms with Crippen LogP contribution in [0.2, 0.25) is 0 Å². The predicted molar refractivity (Wildman–Crippen MR) is 103 cm³/mol. The van der Waals surface area contributed by atoms with Crippen LogP contribution in [0.15, 0.2) is 54.2 Å². The van der Waals surface area contributed by atoms with E-state index in [1.54, 1.807) is 18.2 Å². The zero-order chi connectivity index (χ0) is 18.0. The maximum atomic E-state index is 12.7. The summed E-state index contributed by atoms with van der Waals surface area (Å²) in [5.41, 5.74) is 3.80. The van der Waals surface area contributed by atoms with E-state index in [9.17, 15) is 9.59 Å². The molecule has 0 unspecified atom stereocenters. The van der Waals surface area contributed by atoms with E-state index < -0.39 is 0 Å². The van der Waals surface area contributed by atoms with Crippen molar-refractivity contribution in [3.8, 4) is 0 Å². The summed E-state index contributed by atoms with van der Waals surface area (Å²) in [7, 11) is 0. The first-order valence-electron chi connectivity index (χ1n) is 7.75. The highest BCUT2D eigenvalue weighted by Gasteiger charge is 2.31. The Kier molecular flexibility index (Phi) is 4.63. The van der Waals surface area contributed by atoms with Gasteiger partial charge in [-0.15, -0.1) is 0 Å². The monoisotopic (exact) mass is 351 g/mol. The van der Waals surface area contributed by atoms with Crippen LogP contribution < -0.4 is 15.5 Å². The number of carbonyl (C=O) groups excluding carboxylic acids is 2. The molecule has 1 heterocycles. The van der Waals surface area contributed by atoms with Gasteiger partial charge >= 0.3 is 0 Å². The summed E-state index contributed by atoms with van der Waals surface area (Å²) in [6.07, 6.45) is 1.74. The van der Waals surface area contributed by atoms with Crippen molar-refractivity contribution in [1.29, 1.82) is 0 Å². The number of carbonyl (C=O) groups is 2. The van der Waals surface area contributed by atoms with Crippen LogP contribution in [0.3, 0.4) is 0 Å². The third-order valence-electron chi connectivity index (χ3n) is 3.71. The van der Waals surface area contributed by atoms with Crippen molar-refractivity contribution in [1.82, 2.24) is 5.32 Å². The van der Waals surface area contributed by atoms with Gasteiger partial charge in [-0.3, -0.25) is 14.5 Å². The Morgan fingerprint density at radius 1 is 1.12 bits per heavy atom. The van der Waals surface area contributed by atoms with E-state index >= 15 is 0 Å². The van der Waals surface area contributed by atoms with Crippen molar-refractivity contribution >= 4 is 46.6 Å². The number of aryl methyl sites for hydroxylation is 1. The fourth-order valence-electron chi connectivity index (χ4n) is 2.50. The van der Waals surface area contributed by atoms with Crippen molar-refractivity contribution in [2.45, 2.75) is 13.8 Å². The van der Waals surface area contributed by atoms with Crippen LogP contribution in [-0.4, -0.2) is 16.9 Å². The molecule has 25 heavy (non-hydrogen) atoms. The quantitative estimate of drug-likeness (QED) is 0.658. The number of anilines is 2. The smallest absolute Gasteiger partial charge is 0.281 e. The molecule has 0 atom stereocenters. The Labute approximate surface area is 151 Å². The van der Waals surface area contributed by atoms with Gasteiger partial charge in [0.15, 0.2) is 5.11 Å². The van der Waals surface area contributed by atoms with Crippen molar-refractivity contribution in [3.05, 3.63) is 65.4 Å². The number of hydrogen-bond donors (Lipinski definition) is 2. The van der Waals surface area contributed by atoms with Crippen molar-refractivity contribution < 1.29 is 9.59 Å². The lowest BCUT2D eigenvalue weighted by Gasteiger charge is -2.13. The first kappa shape index (κ1) is 16.9. The van der Waals surface area contributed by atoms with Crippen LogP contribution in [0.25, 0.3) is 6.08 Å². The minimum absolute atomic E-state index is 0.127. The Morgan fingerprint density at radius 3 is 2.36 bits per heavy atom. The molecule has 0 radical (unpaired) electrons. The molecule has 1 fully saturated rings. The van der Waals surface area contributed by atoms with E-state index in [-0.39, 0.29) is 11.8 Å². The number of benzene rings is 2. The zero-order valence-corrected chi connectivity index (χ0v) is 14.7. The summed E-state index contributed by atoms with van der Waals surface area (Å²) in [6.45, 7) is 3.44. The summed E-state index contributed by atoms with van der Waals surface area (Å²) < 4.78 is 0. The summed E-state index contributed by atoms with van der Waals surface area (Å²) in [4.78, 5) is 25.2. The van der Waals surface area contributed by atoms with Gasteiger partial charge in [0.1, 0.15) is 5.70 Å². The molecule has 5 nitrogen and oxygen atoms in total. The number of amides is 2. The molecule has 1 aliphatic heterocycles. The first-order chi connectivity index (χ1) is 11.9. The van der Waals surface area contributed by atoms with Gasteiger partial charge in [0, 0.05) is 12.6 Å². The second kappa shape index (κ2) is 6.86. The molecule has 0 spiro atoms. The van der Waals surface area contributed by atoms with Crippen LogP contribution >= 0.6 is 12.2 Å². The molecule has 0 saturated carbocycles. The average Bonchev–Trinajstić information content (AvgIpc) is 2.84. The highest BCUT2D eigenvalue weighted by Crippen LogP contribution is 2.23. The highest BCUT2D eigenvalue weighted by atomic mass is 32.1. The number of nitrogens with one attached hydrogen (secondary N) is 2. The lowest BCUT2D eigenvalue weighted by atomic mass is 10.1. The second-order valence-electron chi connectivity index (χ2n) is 5.77. The van der Waals surface area contributed by atoms with Gasteiger partial charge in [-0.2, -0.15) is 0 Å². The second-order valence-corrected chi connectivity index (χ2v) is 6.15. The molecule has 2 aromatic carbocycles. The third kappa shape index (κ3) is 3.75. The van der Waals surface area contributed by atoms with E-state index in [2.05, 4.69) is 10.6 Å². The van der Waals surface area contributed by atoms with Crippen LogP contribution in [-0.2, 0) is 9.59 Å². The molecule has 1 saturated heterocycles. The van der Waals surface area contributed by atoms with Gasteiger partial charge in [-0.25, -0.2) is 0 Å². The largest absolute Gasteiger partial charge is 0.327 e. The molecule has 2 N–H and O–H groups in total. The third-order valence-corrected chi connectivity index (χ3v) is 4.00. The van der Waals surface area contributed by atoms with E-state index in [0.29, 0.717) is 16.5 Å². The summed E-state index contributed by atoms with van der Waals surface area (Å²) in [5, 5.41) is 6.02. The zero-order valence-electron chi connectivity index (χ0n) is 13.9. The molecule has 0 aliphatic carbocycles. The number of thiocarbonyl (C=S) groups is 1. The van der Waals surface area contributed by atoms with Crippen molar-refractivity contribution in [2.24, 2.45) is 0 Å². The summed E-state index contributed by atoms with van der Waals surface area (Å²) in [6, 6.07) is 14.8. The maximum absolute atomic E-state index is 12.7. The molecule has 126 valence electrons. The van der Waals surface area contributed by atoms with Crippen LogP contribution in [0.1, 0.15) is 18.1 Å². The van der Waals surface area contributed by atoms with Crippen molar-refractivity contribution in [2.75, 3.05) is 10.2 Å². The SMILES string of the molecule is CC(=O)Nc1ccc(/C=C2/NC(=S)N(c3ccc(C)cc3)C2=O)cc1. The molecule has 2 amide bonds. The van der Waals surface area contributed by atoms with Gasteiger partial charge in [0.2, 0.25) is 5.91 Å². The highest BCUT2D eigenvalue weighted by molar-refractivity contribution is 7.80. The Bertz CT molecular complexity index is 871. The van der Waals surface area contributed by atoms with E-state index in [0.717, 1.165) is 16.8 Å². The van der Waals surface area contributed by atoms with E-state index in [1.807, 2.05) is 43.3 Å². The number of rotatable bonds is 3. The van der Waals surface area contributed by atoms with Crippen molar-refractivity contribution in [3.63, 3.8) is 0 Å². The Morgan fingerprint density at radius 2 is 1.76 bits per heavy atom. The molecular weight excluding hydrogens is 334 g/mol. The average molecular weight is 351 g/mol. The van der Waals surface area contributed by atoms with Gasteiger partial charge < -0.3 is 10.6 Å². The van der Waals surface area contributed by atoms with E-state index in [1.165, 1.54) is 11.8 Å². The molecular formula is C19H17N3O2S. The Balaban J connectivity index is 1.82. The van der Waals surface area contributed by atoms with Gasteiger partial charge in [0.25, 0.3) is 5.91 Å². The van der Waals surface area contributed by atoms with E-state index in [4.69, 9.17) is 12.2 Å². The van der Waals surface area contributed by atoms with Gasteiger partial charge in [0.05, 0.1) is 5.69 Å². The number of nitrogens with zero attached hydrogens (tertiary/aromatic N) is 1. The first-order valence-corrected chi connectivity index (χ1v) is 8.16. The van der Waals surface area contributed by atoms with Gasteiger partial charge in [-0.1, -0.05) is 29.8 Å². The fraction of sp³-hybridized carbons (Fsp3) is 0.105. The minimum atomic E-state index is -0.195. The predicted octanol–water partition coefficient (Wildman–Crippen LogP) is 3.22. The summed E-state index contributed by atoms with van der Waals surface area (Å²) >= 11 is 5.30. The molecule has 2 aromatic rings. The van der Waals surface area contributed by atoms with Crippen LogP contribution in [0, 0.1) is 6.92 Å². The lowest BCUT2D eigenvalue weighted by Crippen LogP contribution is -2.30. The van der Waals surface area contributed by atoms with Crippen LogP contribution in [0.4, 0.5) is 11.4 Å². The topological polar surface area (TPSA) is 61.4 Å². The van der Waals surface area contributed by atoms with Gasteiger partial charge in [-0.05, 0) is 55.0 Å². The molecule has 0 aromatic heterocycles. The normalized spacial score (nSPS) is 15.4. The number of hydrogen-bond acceptors (Lipinski definition) is 3.